The van der Waals surface area contributed by atoms with E-state index >= 15 is 0 Å². The van der Waals surface area contributed by atoms with Crippen LogP contribution in [0.5, 0.6) is 0 Å². The van der Waals surface area contributed by atoms with Crippen molar-refractivity contribution >= 4 is 17.8 Å². The average molecular weight is 291 g/mol. The molecule has 0 aromatic heterocycles. The largest absolute Gasteiger partial charge is 0.398 e. The van der Waals surface area contributed by atoms with Gasteiger partial charge in [0.05, 0.1) is 0 Å². The van der Waals surface area contributed by atoms with Crippen LogP contribution in [0.15, 0.2) is 49.6 Å². The molecule has 0 saturated heterocycles. The highest BCUT2D eigenvalue weighted by Gasteiger charge is 2.06. The Hall–Kier alpha value is -2.72. The lowest BCUT2D eigenvalue weighted by Gasteiger charge is -2.11. The minimum atomic E-state index is 0.801. The number of hydrogen-bond donors (Lipinski definition) is 1. The predicted octanol–water partition coefficient (Wildman–Crippen LogP) is 5.42. The number of anilines is 1. The van der Waals surface area contributed by atoms with Gasteiger partial charge in [0.15, 0.2) is 0 Å². The standard InChI is InChI=1S/C12H15N.C7H8.C2H2/c1-5-10-8(3)7-9(4)12(13)11(10)6-2;1-7-5-3-2-4-6-7;1-2/h5-7H,1-2,13H2,3-4H3;2-6H,1H3;1-2H. The molecule has 22 heavy (non-hydrogen) atoms. The molecular weight excluding hydrogens is 266 g/mol. The topological polar surface area (TPSA) is 26.0 Å². The zero-order chi connectivity index (χ0) is 17.1. The average Bonchev–Trinajstić information content (AvgIpc) is 2.54. The molecule has 2 N–H and O–H groups in total. The first-order chi connectivity index (χ1) is 10.5. The summed E-state index contributed by atoms with van der Waals surface area (Å²) in [7, 11) is 0. The van der Waals surface area contributed by atoms with E-state index in [2.05, 4.69) is 58.1 Å². The van der Waals surface area contributed by atoms with E-state index in [0.717, 1.165) is 22.4 Å². The molecule has 0 atom stereocenters. The lowest BCUT2D eigenvalue weighted by molar-refractivity contribution is 1.36. The van der Waals surface area contributed by atoms with Gasteiger partial charge in [0.2, 0.25) is 0 Å². The smallest absolute Gasteiger partial charge is 0.0423 e. The van der Waals surface area contributed by atoms with Crippen molar-refractivity contribution < 1.29 is 0 Å². The lowest BCUT2D eigenvalue weighted by atomic mass is 9.96. The van der Waals surface area contributed by atoms with Crippen molar-refractivity contribution in [2.75, 3.05) is 5.73 Å². The fourth-order valence-electron chi connectivity index (χ4n) is 2.08. The van der Waals surface area contributed by atoms with Crippen LogP contribution in [0.25, 0.3) is 12.2 Å². The SMILES string of the molecule is C#C.C=Cc1c(C)cc(C)c(N)c1C=C.Cc1ccccc1. The second kappa shape index (κ2) is 10.1. The van der Waals surface area contributed by atoms with E-state index in [-0.39, 0.29) is 0 Å². The maximum atomic E-state index is 5.92. The first-order valence-corrected chi connectivity index (χ1v) is 7.00. The van der Waals surface area contributed by atoms with Gasteiger partial charge in [0, 0.05) is 11.3 Å². The van der Waals surface area contributed by atoms with E-state index in [1.54, 1.807) is 6.08 Å². The van der Waals surface area contributed by atoms with Gasteiger partial charge in [-0.3, -0.25) is 0 Å². The molecule has 0 spiro atoms. The van der Waals surface area contributed by atoms with Gasteiger partial charge in [0.25, 0.3) is 0 Å². The number of benzene rings is 2. The van der Waals surface area contributed by atoms with Gasteiger partial charge in [-0.25, -0.2) is 0 Å². The van der Waals surface area contributed by atoms with Gasteiger partial charge < -0.3 is 5.73 Å². The highest BCUT2D eigenvalue weighted by atomic mass is 14.6. The molecular formula is C21H25N. The third kappa shape index (κ3) is 5.34. The number of terminal acetylenes is 1. The Bertz CT molecular complexity index is 634. The maximum Gasteiger partial charge on any atom is 0.0423 e. The van der Waals surface area contributed by atoms with Crippen LogP contribution in [-0.4, -0.2) is 0 Å². The molecule has 2 aromatic carbocycles. The monoisotopic (exact) mass is 291 g/mol. The zero-order valence-corrected chi connectivity index (χ0v) is 13.8. The van der Waals surface area contributed by atoms with Gasteiger partial charge in [0.1, 0.15) is 0 Å². The summed E-state index contributed by atoms with van der Waals surface area (Å²) in [5.74, 6) is 0. The quantitative estimate of drug-likeness (QED) is 0.580. The van der Waals surface area contributed by atoms with Gasteiger partial charge in [-0.15, -0.1) is 12.8 Å². The van der Waals surface area contributed by atoms with E-state index in [4.69, 9.17) is 5.73 Å². The molecule has 0 heterocycles. The van der Waals surface area contributed by atoms with E-state index in [1.165, 1.54) is 11.1 Å². The first kappa shape index (κ1) is 19.3. The van der Waals surface area contributed by atoms with Crippen LogP contribution in [0.4, 0.5) is 5.69 Å². The van der Waals surface area contributed by atoms with Crippen LogP contribution in [0, 0.1) is 33.6 Å². The highest BCUT2D eigenvalue weighted by molar-refractivity contribution is 5.77. The van der Waals surface area contributed by atoms with Crippen LogP contribution < -0.4 is 5.73 Å². The van der Waals surface area contributed by atoms with Gasteiger partial charge in [-0.05, 0) is 37.5 Å². The van der Waals surface area contributed by atoms with Crippen molar-refractivity contribution in [3.05, 3.63) is 77.4 Å². The molecule has 2 rings (SSSR count). The molecule has 2 aromatic rings. The Kier molecular flexibility index (Phi) is 8.83. The van der Waals surface area contributed by atoms with Crippen molar-refractivity contribution in [3.8, 4) is 12.8 Å². The number of hydrogen-bond acceptors (Lipinski definition) is 1. The van der Waals surface area contributed by atoms with Gasteiger partial charge in [-0.1, -0.05) is 67.3 Å². The summed E-state index contributed by atoms with van der Waals surface area (Å²) in [6, 6.07) is 12.3. The number of nitrogen functional groups attached to an aromatic ring is 1. The van der Waals surface area contributed by atoms with E-state index in [9.17, 15) is 0 Å². The van der Waals surface area contributed by atoms with Crippen molar-refractivity contribution in [2.24, 2.45) is 0 Å². The van der Waals surface area contributed by atoms with Gasteiger partial charge in [-0.2, -0.15) is 0 Å². The fraction of sp³-hybridized carbons (Fsp3) is 0.143. The van der Waals surface area contributed by atoms with E-state index in [1.807, 2.05) is 31.2 Å². The van der Waals surface area contributed by atoms with Crippen LogP contribution in [-0.2, 0) is 0 Å². The van der Waals surface area contributed by atoms with Crippen molar-refractivity contribution in [1.29, 1.82) is 0 Å². The minimum absolute atomic E-state index is 0.801. The summed E-state index contributed by atoms with van der Waals surface area (Å²) in [6.45, 7) is 13.7. The molecule has 0 aliphatic rings. The Balaban J connectivity index is 0.000000412. The summed E-state index contributed by atoms with van der Waals surface area (Å²) in [5, 5.41) is 0. The second-order valence-electron chi connectivity index (χ2n) is 4.81. The van der Waals surface area contributed by atoms with Crippen molar-refractivity contribution in [2.45, 2.75) is 20.8 Å². The summed E-state index contributed by atoms with van der Waals surface area (Å²) in [4.78, 5) is 0. The molecule has 114 valence electrons. The molecule has 0 radical (unpaired) electrons. The number of rotatable bonds is 2. The second-order valence-corrected chi connectivity index (χ2v) is 4.81. The number of aryl methyl sites for hydroxylation is 3. The summed E-state index contributed by atoms with van der Waals surface area (Å²) in [6.07, 6.45) is 11.6. The molecule has 1 heteroatoms. The van der Waals surface area contributed by atoms with Crippen molar-refractivity contribution in [1.82, 2.24) is 0 Å². The Labute approximate surface area is 135 Å². The number of nitrogens with two attached hydrogens (primary N) is 1. The molecule has 0 aliphatic heterocycles. The molecule has 0 unspecified atom stereocenters. The molecule has 0 saturated carbocycles. The molecule has 0 fully saturated rings. The molecule has 0 aliphatic carbocycles. The van der Waals surface area contributed by atoms with Crippen LogP contribution >= 0.6 is 0 Å². The normalized spacial score (nSPS) is 8.59. The molecule has 1 nitrogen and oxygen atoms in total. The van der Waals surface area contributed by atoms with Gasteiger partial charge >= 0.3 is 0 Å². The minimum Gasteiger partial charge on any atom is -0.398 e. The zero-order valence-electron chi connectivity index (χ0n) is 13.8. The lowest BCUT2D eigenvalue weighted by Crippen LogP contribution is -1.98. The maximum absolute atomic E-state index is 5.92. The van der Waals surface area contributed by atoms with E-state index in [0.29, 0.717) is 0 Å². The van der Waals surface area contributed by atoms with Crippen LogP contribution in [0.1, 0.15) is 27.8 Å². The fourth-order valence-corrected chi connectivity index (χ4v) is 2.08. The summed E-state index contributed by atoms with van der Waals surface area (Å²) in [5.41, 5.74) is 12.4. The third-order valence-corrected chi connectivity index (χ3v) is 3.21. The molecule has 0 bridgehead atoms. The Morgan fingerprint density at radius 3 is 1.73 bits per heavy atom. The Morgan fingerprint density at radius 1 is 0.864 bits per heavy atom. The Morgan fingerprint density at radius 2 is 1.36 bits per heavy atom. The highest BCUT2D eigenvalue weighted by Crippen LogP contribution is 2.26. The molecule has 0 amide bonds. The first-order valence-electron chi connectivity index (χ1n) is 7.00. The summed E-state index contributed by atoms with van der Waals surface area (Å²) >= 11 is 0. The van der Waals surface area contributed by atoms with Crippen molar-refractivity contribution in [3.63, 3.8) is 0 Å². The summed E-state index contributed by atoms with van der Waals surface area (Å²) < 4.78 is 0. The van der Waals surface area contributed by atoms with Crippen LogP contribution in [0.3, 0.4) is 0 Å². The van der Waals surface area contributed by atoms with Crippen LogP contribution in [0.2, 0.25) is 0 Å². The third-order valence-electron chi connectivity index (χ3n) is 3.21. The van der Waals surface area contributed by atoms with E-state index < -0.39 is 0 Å². The predicted molar refractivity (Wildman–Crippen MR) is 102 cm³/mol.